The molecule has 2 aliphatic rings. The van der Waals surface area contributed by atoms with Crippen molar-refractivity contribution >= 4 is 28.5 Å². The summed E-state index contributed by atoms with van der Waals surface area (Å²) in [7, 11) is 0. The highest BCUT2D eigenvalue weighted by molar-refractivity contribution is 6.33. The van der Waals surface area contributed by atoms with Crippen molar-refractivity contribution in [1.29, 1.82) is 0 Å². The number of hydrogen-bond acceptors (Lipinski definition) is 4. The van der Waals surface area contributed by atoms with E-state index in [1.807, 2.05) is 12.3 Å². The van der Waals surface area contributed by atoms with Crippen LogP contribution in [0.25, 0.3) is 11.0 Å². The molecule has 0 aromatic carbocycles. The van der Waals surface area contributed by atoms with Gasteiger partial charge in [0.25, 0.3) is 0 Å². The Kier molecular flexibility index (Phi) is 3.31. The van der Waals surface area contributed by atoms with Gasteiger partial charge in [-0.05, 0) is 38.3 Å². The molecule has 2 N–H and O–H groups in total. The number of nitrogens with two attached hydrogens (primary N) is 1. The van der Waals surface area contributed by atoms with Crippen molar-refractivity contribution in [1.82, 2.24) is 19.4 Å². The van der Waals surface area contributed by atoms with E-state index in [4.69, 9.17) is 17.3 Å². The molecule has 22 heavy (non-hydrogen) atoms. The third-order valence-corrected chi connectivity index (χ3v) is 5.34. The molecule has 1 atom stereocenters. The van der Waals surface area contributed by atoms with Crippen molar-refractivity contribution in [2.24, 2.45) is 5.73 Å². The number of nitrogens with zero attached hydrogens (tertiary/aromatic N) is 4. The zero-order chi connectivity index (χ0) is 15.3. The topological polar surface area (TPSA) is 77.0 Å². The van der Waals surface area contributed by atoms with Gasteiger partial charge in [0, 0.05) is 18.3 Å². The summed E-state index contributed by atoms with van der Waals surface area (Å²) in [5.41, 5.74) is 6.39. The highest BCUT2D eigenvalue weighted by Crippen LogP contribution is 2.40. The standard InChI is InChI=1S/C15H18ClN5O/c16-13-11-3-5-21(15(11)19-8-18-13)10-6-9(7-10)20-4-1-2-12(20)14(17)22/h3,5,8-10,12H,1-2,4,6-7H2,(H2,17,22). The van der Waals surface area contributed by atoms with Crippen LogP contribution in [0.15, 0.2) is 18.6 Å². The largest absolute Gasteiger partial charge is 0.368 e. The number of primary amides is 1. The second kappa shape index (κ2) is 5.21. The summed E-state index contributed by atoms with van der Waals surface area (Å²) < 4.78 is 2.18. The fraction of sp³-hybridized carbons (Fsp3) is 0.533. The fourth-order valence-electron chi connectivity index (χ4n) is 3.82. The van der Waals surface area contributed by atoms with Gasteiger partial charge in [0.1, 0.15) is 17.1 Å². The Morgan fingerprint density at radius 2 is 2.14 bits per heavy atom. The van der Waals surface area contributed by atoms with Gasteiger partial charge in [-0.15, -0.1) is 0 Å². The Morgan fingerprint density at radius 1 is 1.32 bits per heavy atom. The number of carbonyl (C=O) groups excluding carboxylic acids is 1. The average molecular weight is 320 g/mol. The van der Waals surface area contributed by atoms with Crippen molar-refractivity contribution in [2.75, 3.05) is 6.54 Å². The predicted octanol–water partition coefficient (Wildman–Crippen LogP) is 1.74. The van der Waals surface area contributed by atoms with Crippen molar-refractivity contribution < 1.29 is 4.79 Å². The van der Waals surface area contributed by atoms with Gasteiger partial charge in [-0.2, -0.15) is 0 Å². The van der Waals surface area contributed by atoms with Crippen LogP contribution >= 0.6 is 11.6 Å². The van der Waals surface area contributed by atoms with Crippen LogP contribution < -0.4 is 5.73 Å². The minimum absolute atomic E-state index is 0.0795. The number of halogens is 1. The third-order valence-electron chi connectivity index (χ3n) is 5.03. The molecule has 0 radical (unpaired) electrons. The van der Waals surface area contributed by atoms with Gasteiger partial charge < -0.3 is 10.3 Å². The van der Waals surface area contributed by atoms with E-state index in [9.17, 15) is 4.79 Å². The summed E-state index contributed by atoms with van der Waals surface area (Å²) >= 11 is 6.10. The summed E-state index contributed by atoms with van der Waals surface area (Å²) in [6.45, 7) is 0.978. The number of likely N-dealkylation sites (tertiary alicyclic amines) is 1. The normalized spacial score (nSPS) is 28.9. The molecule has 0 spiro atoms. The van der Waals surface area contributed by atoms with Crippen molar-refractivity contribution in [3.8, 4) is 0 Å². The molecule has 1 unspecified atom stereocenters. The fourth-order valence-corrected chi connectivity index (χ4v) is 4.01. The smallest absolute Gasteiger partial charge is 0.234 e. The summed E-state index contributed by atoms with van der Waals surface area (Å²) in [5.74, 6) is -0.188. The van der Waals surface area contributed by atoms with Crippen LogP contribution in [-0.2, 0) is 4.79 Å². The van der Waals surface area contributed by atoms with Crippen molar-refractivity contribution in [3.05, 3.63) is 23.7 Å². The van der Waals surface area contributed by atoms with Crippen LogP contribution in [0.1, 0.15) is 31.7 Å². The quantitative estimate of drug-likeness (QED) is 0.874. The van der Waals surface area contributed by atoms with Gasteiger partial charge in [-0.3, -0.25) is 9.69 Å². The molecule has 1 amide bonds. The lowest BCUT2D eigenvalue weighted by Crippen LogP contribution is -2.51. The minimum Gasteiger partial charge on any atom is -0.368 e. The molecule has 2 aromatic heterocycles. The molecule has 0 bridgehead atoms. The van der Waals surface area contributed by atoms with Gasteiger partial charge in [-0.25, -0.2) is 9.97 Å². The van der Waals surface area contributed by atoms with Gasteiger partial charge in [0.2, 0.25) is 5.91 Å². The van der Waals surface area contributed by atoms with E-state index in [1.54, 1.807) is 0 Å². The Labute approximate surface area is 133 Å². The maximum atomic E-state index is 11.5. The third kappa shape index (κ3) is 2.09. The zero-order valence-corrected chi connectivity index (χ0v) is 12.9. The molecule has 1 aliphatic carbocycles. The number of amides is 1. The van der Waals surface area contributed by atoms with Gasteiger partial charge >= 0.3 is 0 Å². The van der Waals surface area contributed by atoms with Gasteiger partial charge in [0.15, 0.2) is 0 Å². The highest BCUT2D eigenvalue weighted by atomic mass is 35.5. The van der Waals surface area contributed by atoms with E-state index in [2.05, 4.69) is 19.4 Å². The number of aromatic nitrogens is 3. The summed E-state index contributed by atoms with van der Waals surface area (Å²) in [5, 5.41) is 1.39. The summed E-state index contributed by atoms with van der Waals surface area (Å²) in [6.07, 6.45) is 7.53. The number of fused-ring (bicyclic) bond motifs is 1. The predicted molar refractivity (Wildman–Crippen MR) is 83.5 cm³/mol. The molecule has 1 aliphatic heterocycles. The molecule has 1 saturated heterocycles. The van der Waals surface area contributed by atoms with E-state index in [0.29, 0.717) is 17.2 Å². The highest BCUT2D eigenvalue weighted by Gasteiger charge is 2.41. The number of carbonyl (C=O) groups is 1. The Balaban J connectivity index is 1.51. The van der Waals surface area contributed by atoms with Crippen LogP contribution in [-0.4, -0.2) is 44.0 Å². The first-order chi connectivity index (χ1) is 10.6. The van der Waals surface area contributed by atoms with Crippen LogP contribution in [0.4, 0.5) is 0 Å². The van der Waals surface area contributed by atoms with E-state index in [1.165, 1.54) is 6.33 Å². The van der Waals surface area contributed by atoms with Crippen LogP contribution in [0.2, 0.25) is 5.15 Å². The van der Waals surface area contributed by atoms with Crippen LogP contribution in [0.5, 0.6) is 0 Å². The van der Waals surface area contributed by atoms with Gasteiger partial charge in [-0.1, -0.05) is 11.6 Å². The van der Waals surface area contributed by atoms with E-state index in [0.717, 1.165) is 43.3 Å². The average Bonchev–Trinajstić information content (AvgIpc) is 3.06. The van der Waals surface area contributed by atoms with Crippen molar-refractivity contribution in [3.63, 3.8) is 0 Å². The minimum atomic E-state index is -0.188. The molecule has 116 valence electrons. The Hall–Kier alpha value is -1.66. The van der Waals surface area contributed by atoms with Crippen LogP contribution in [0.3, 0.4) is 0 Å². The lowest BCUT2D eigenvalue weighted by Gasteiger charge is -2.43. The molecule has 2 fully saturated rings. The Bertz CT molecular complexity index is 724. The summed E-state index contributed by atoms with van der Waals surface area (Å²) in [4.78, 5) is 22.2. The van der Waals surface area contributed by atoms with Crippen molar-refractivity contribution in [2.45, 2.75) is 43.8 Å². The SMILES string of the molecule is NC(=O)C1CCCN1C1CC(n2ccc3c(Cl)ncnc32)C1. The molecule has 7 heteroatoms. The molecular weight excluding hydrogens is 302 g/mol. The first kappa shape index (κ1) is 14.0. The maximum absolute atomic E-state index is 11.5. The molecule has 1 saturated carbocycles. The maximum Gasteiger partial charge on any atom is 0.234 e. The van der Waals surface area contributed by atoms with E-state index in [-0.39, 0.29) is 11.9 Å². The lowest BCUT2D eigenvalue weighted by molar-refractivity contribution is -0.123. The molecule has 2 aromatic rings. The lowest BCUT2D eigenvalue weighted by atomic mass is 9.84. The first-order valence-corrected chi connectivity index (χ1v) is 8.05. The zero-order valence-electron chi connectivity index (χ0n) is 12.2. The molecule has 4 rings (SSSR count). The number of rotatable bonds is 3. The molecule has 3 heterocycles. The van der Waals surface area contributed by atoms with E-state index >= 15 is 0 Å². The number of hydrogen-bond donors (Lipinski definition) is 1. The second-order valence-corrected chi connectivity index (χ2v) is 6.56. The van der Waals surface area contributed by atoms with Crippen LogP contribution in [0, 0.1) is 0 Å². The first-order valence-electron chi connectivity index (χ1n) is 7.67. The monoisotopic (exact) mass is 319 g/mol. The van der Waals surface area contributed by atoms with Gasteiger partial charge in [0.05, 0.1) is 11.4 Å². The molecule has 6 nitrogen and oxygen atoms in total. The van der Waals surface area contributed by atoms with E-state index < -0.39 is 0 Å². The molecular formula is C15H18ClN5O. The second-order valence-electron chi connectivity index (χ2n) is 6.20. The summed E-state index contributed by atoms with van der Waals surface area (Å²) in [6, 6.07) is 2.74. The Morgan fingerprint density at radius 3 is 2.91 bits per heavy atom.